The molecule has 26 heavy (non-hydrogen) atoms. The van der Waals surface area contributed by atoms with E-state index in [0.717, 1.165) is 30.4 Å². The maximum Gasteiger partial charge on any atom is 0.573 e. The third-order valence-electron chi connectivity index (χ3n) is 3.18. The number of carbonyl (C=O) groups is 3. The molecule has 0 fully saturated rings. The SMILES string of the molecule is C=CC(=O)C(CCC(=O)O)C(=O)C=Cc1ccc(O)c(OC(F)(F)F)c1. The van der Waals surface area contributed by atoms with E-state index in [1.165, 1.54) is 6.07 Å². The van der Waals surface area contributed by atoms with Crippen LogP contribution in [0.3, 0.4) is 0 Å². The number of carboxylic acids is 1. The number of halogens is 3. The molecule has 0 radical (unpaired) electrons. The number of hydrogen-bond acceptors (Lipinski definition) is 5. The summed E-state index contributed by atoms with van der Waals surface area (Å²) < 4.78 is 40.4. The summed E-state index contributed by atoms with van der Waals surface area (Å²) in [4.78, 5) is 34.4. The molecule has 6 nitrogen and oxygen atoms in total. The number of carbonyl (C=O) groups excluding carboxylic acids is 2. The highest BCUT2D eigenvalue weighted by Gasteiger charge is 2.32. The van der Waals surface area contributed by atoms with Crippen LogP contribution >= 0.6 is 0 Å². The van der Waals surface area contributed by atoms with E-state index in [-0.39, 0.29) is 12.0 Å². The Morgan fingerprint density at radius 2 is 1.88 bits per heavy atom. The zero-order valence-electron chi connectivity index (χ0n) is 13.3. The Morgan fingerprint density at radius 3 is 2.42 bits per heavy atom. The third kappa shape index (κ3) is 6.80. The van der Waals surface area contributed by atoms with E-state index in [1.807, 2.05) is 0 Å². The van der Waals surface area contributed by atoms with Crippen LogP contribution in [0.5, 0.6) is 11.5 Å². The van der Waals surface area contributed by atoms with E-state index in [4.69, 9.17) is 5.11 Å². The predicted molar refractivity (Wildman–Crippen MR) is 84.4 cm³/mol. The van der Waals surface area contributed by atoms with Crippen molar-refractivity contribution in [3.63, 3.8) is 0 Å². The van der Waals surface area contributed by atoms with E-state index >= 15 is 0 Å². The topological polar surface area (TPSA) is 101 Å². The summed E-state index contributed by atoms with van der Waals surface area (Å²) in [6, 6.07) is 3.03. The fraction of sp³-hybridized carbons (Fsp3) is 0.235. The molecule has 1 aromatic rings. The summed E-state index contributed by atoms with van der Waals surface area (Å²) in [7, 11) is 0. The van der Waals surface area contributed by atoms with Gasteiger partial charge in [0.2, 0.25) is 0 Å². The normalized spacial score (nSPS) is 12.6. The molecule has 1 rings (SSSR count). The van der Waals surface area contributed by atoms with E-state index < -0.39 is 47.7 Å². The van der Waals surface area contributed by atoms with Gasteiger partial charge in [-0.1, -0.05) is 18.7 Å². The van der Waals surface area contributed by atoms with E-state index in [9.17, 15) is 32.7 Å². The molecule has 0 saturated heterocycles. The highest BCUT2D eigenvalue weighted by Crippen LogP contribution is 2.32. The number of aromatic hydroxyl groups is 1. The molecule has 0 heterocycles. The number of rotatable bonds is 9. The van der Waals surface area contributed by atoms with Crippen LogP contribution in [0.25, 0.3) is 6.08 Å². The lowest BCUT2D eigenvalue weighted by atomic mass is 9.93. The van der Waals surface area contributed by atoms with Gasteiger partial charge >= 0.3 is 12.3 Å². The van der Waals surface area contributed by atoms with Crippen LogP contribution < -0.4 is 4.74 Å². The van der Waals surface area contributed by atoms with Crippen molar-refractivity contribution in [2.75, 3.05) is 0 Å². The first-order chi connectivity index (χ1) is 12.0. The molecule has 0 saturated carbocycles. The van der Waals surface area contributed by atoms with Gasteiger partial charge in [0, 0.05) is 6.42 Å². The molecule has 9 heteroatoms. The van der Waals surface area contributed by atoms with Gasteiger partial charge in [-0.3, -0.25) is 14.4 Å². The second-order valence-corrected chi connectivity index (χ2v) is 5.10. The monoisotopic (exact) mass is 372 g/mol. The largest absolute Gasteiger partial charge is 0.573 e. The number of carboxylic acid groups (broad SMARTS) is 1. The zero-order valence-corrected chi connectivity index (χ0v) is 13.3. The number of benzene rings is 1. The summed E-state index contributed by atoms with van der Waals surface area (Å²) in [5.74, 6) is -5.40. The first-order valence-electron chi connectivity index (χ1n) is 7.22. The molecule has 1 unspecified atom stereocenters. The molecule has 2 N–H and O–H groups in total. The van der Waals surface area contributed by atoms with Crippen LogP contribution in [0, 0.1) is 5.92 Å². The summed E-state index contributed by atoms with van der Waals surface area (Å²) in [5, 5.41) is 18.0. The van der Waals surface area contributed by atoms with Crippen LogP contribution in [0.2, 0.25) is 0 Å². The number of ketones is 2. The molecule has 0 amide bonds. The summed E-state index contributed by atoms with van der Waals surface area (Å²) in [6.07, 6.45) is -2.69. The average Bonchev–Trinajstić information content (AvgIpc) is 2.53. The molecule has 0 aliphatic rings. The molecular formula is C17H15F3O6. The lowest BCUT2D eigenvalue weighted by Gasteiger charge is -2.11. The first kappa shape index (κ1) is 20.9. The minimum absolute atomic E-state index is 0.0958. The Kier molecular flexibility index (Phi) is 7.12. The molecular weight excluding hydrogens is 357 g/mol. The molecule has 140 valence electrons. The Bertz CT molecular complexity index is 737. The molecule has 0 spiro atoms. The molecule has 0 aliphatic heterocycles. The van der Waals surface area contributed by atoms with Crippen molar-refractivity contribution in [1.29, 1.82) is 0 Å². The Hall–Kier alpha value is -3.10. The lowest BCUT2D eigenvalue weighted by Crippen LogP contribution is -2.22. The number of phenolic OH excluding ortho intramolecular Hbond substituents is 1. The van der Waals surface area contributed by atoms with E-state index in [0.29, 0.717) is 0 Å². The van der Waals surface area contributed by atoms with Crippen molar-refractivity contribution in [2.45, 2.75) is 19.2 Å². The van der Waals surface area contributed by atoms with E-state index in [2.05, 4.69) is 11.3 Å². The number of alkyl halides is 3. The van der Waals surface area contributed by atoms with Gasteiger partial charge in [0.25, 0.3) is 0 Å². The van der Waals surface area contributed by atoms with Gasteiger partial charge in [0.05, 0.1) is 5.92 Å². The van der Waals surface area contributed by atoms with Crippen molar-refractivity contribution >= 4 is 23.6 Å². The van der Waals surface area contributed by atoms with Gasteiger partial charge in [-0.2, -0.15) is 0 Å². The fourth-order valence-electron chi connectivity index (χ4n) is 1.97. The van der Waals surface area contributed by atoms with Crippen molar-refractivity contribution in [3.8, 4) is 11.5 Å². The van der Waals surface area contributed by atoms with Gasteiger partial charge in [0.1, 0.15) is 0 Å². The number of aliphatic carboxylic acids is 1. The van der Waals surface area contributed by atoms with Crippen molar-refractivity contribution < 1.29 is 42.5 Å². The maximum atomic E-state index is 12.3. The second-order valence-electron chi connectivity index (χ2n) is 5.10. The number of ether oxygens (including phenoxy) is 1. The highest BCUT2D eigenvalue weighted by molar-refractivity contribution is 6.12. The van der Waals surface area contributed by atoms with Gasteiger partial charge < -0.3 is 14.9 Å². The minimum Gasteiger partial charge on any atom is -0.504 e. The van der Waals surface area contributed by atoms with Gasteiger partial charge in [0.15, 0.2) is 23.1 Å². The Morgan fingerprint density at radius 1 is 1.23 bits per heavy atom. The quantitative estimate of drug-likeness (QED) is 0.510. The number of hydrogen-bond donors (Lipinski definition) is 2. The van der Waals surface area contributed by atoms with Crippen LogP contribution in [0.4, 0.5) is 13.2 Å². The van der Waals surface area contributed by atoms with Crippen molar-refractivity contribution in [2.24, 2.45) is 5.92 Å². The Labute approximate surface area is 146 Å². The Balaban J connectivity index is 2.97. The number of allylic oxidation sites excluding steroid dienone is 2. The van der Waals surface area contributed by atoms with Crippen LogP contribution in [-0.4, -0.2) is 34.1 Å². The number of phenols is 1. The summed E-state index contributed by atoms with van der Waals surface area (Å²) in [6.45, 7) is 3.24. The minimum atomic E-state index is -5.01. The van der Waals surface area contributed by atoms with Gasteiger partial charge in [-0.15, -0.1) is 13.2 Å². The molecule has 1 atom stereocenters. The molecule has 1 aromatic carbocycles. The molecule has 0 bridgehead atoms. The standard InChI is InChI=1S/C17H15F3O6/c1-2-12(21)11(5-8-16(24)25)13(22)6-3-10-4-7-14(23)15(9-10)26-17(18,19)20/h2-4,6-7,9,11,23H,1,5,8H2,(H,24,25). The second kappa shape index (κ2) is 8.84. The molecule has 0 aliphatic carbocycles. The van der Waals surface area contributed by atoms with Crippen LogP contribution in [0.15, 0.2) is 36.9 Å². The van der Waals surface area contributed by atoms with Crippen LogP contribution in [0.1, 0.15) is 18.4 Å². The fourth-order valence-corrected chi connectivity index (χ4v) is 1.97. The average molecular weight is 372 g/mol. The van der Waals surface area contributed by atoms with E-state index in [1.54, 1.807) is 0 Å². The third-order valence-corrected chi connectivity index (χ3v) is 3.18. The first-order valence-corrected chi connectivity index (χ1v) is 7.22. The summed E-state index contributed by atoms with van der Waals surface area (Å²) in [5.41, 5.74) is 0.0958. The molecule has 0 aromatic heterocycles. The lowest BCUT2D eigenvalue weighted by molar-refractivity contribution is -0.275. The summed E-state index contributed by atoms with van der Waals surface area (Å²) >= 11 is 0. The van der Waals surface area contributed by atoms with Gasteiger partial charge in [-0.05, 0) is 36.3 Å². The van der Waals surface area contributed by atoms with Crippen LogP contribution in [-0.2, 0) is 14.4 Å². The van der Waals surface area contributed by atoms with Crippen molar-refractivity contribution in [3.05, 3.63) is 42.5 Å². The maximum absolute atomic E-state index is 12.3. The predicted octanol–water partition coefficient (Wildman–Crippen LogP) is 3.11. The van der Waals surface area contributed by atoms with Crippen molar-refractivity contribution in [1.82, 2.24) is 0 Å². The highest BCUT2D eigenvalue weighted by atomic mass is 19.4. The zero-order chi connectivity index (χ0) is 19.9. The smallest absolute Gasteiger partial charge is 0.504 e. The van der Waals surface area contributed by atoms with Gasteiger partial charge in [-0.25, -0.2) is 0 Å².